The van der Waals surface area contributed by atoms with E-state index in [1.165, 1.54) is 30.5 Å². The second kappa shape index (κ2) is 5.90. The summed E-state index contributed by atoms with van der Waals surface area (Å²) in [5.41, 5.74) is 0.828. The Bertz CT molecular complexity index is 868. The van der Waals surface area contributed by atoms with Gasteiger partial charge < -0.3 is 0 Å². The first kappa shape index (κ1) is 16.8. The van der Waals surface area contributed by atoms with Crippen molar-refractivity contribution in [2.75, 3.05) is 22.3 Å². The topological polar surface area (TPSA) is 83.6 Å². The van der Waals surface area contributed by atoms with Crippen molar-refractivity contribution in [3.05, 3.63) is 41.3 Å². The minimum absolute atomic E-state index is 0.238. The Morgan fingerprint density at radius 2 is 1.59 bits per heavy atom. The summed E-state index contributed by atoms with van der Waals surface area (Å²) in [7, 11) is -5.53. The highest BCUT2D eigenvalue weighted by Gasteiger charge is 2.17. The fraction of sp³-hybridized carbons (Fsp3) is 0.231. The van der Waals surface area contributed by atoms with Gasteiger partial charge in [0.2, 0.25) is 10.0 Å². The third-order valence-electron chi connectivity index (χ3n) is 2.96. The smallest absolute Gasteiger partial charge is 0.271 e. The Morgan fingerprint density at radius 1 is 1.00 bits per heavy atom. The maximum atomic E-state index is 12.2. The maximum absolute atomic E-state index is 12.2. The molecule has 0 radical (unpaired) electrons. The molecule has 1 aromatic heterocycles. The highest BCUT2D eigenvalue weighted by atomic mass is 32.2. The van der Waals surface area contributed by atoms with Crippen molar-refractivity contribution in [3.8, 4) is 0 Å². The molecular weight excluding hydrogens is 344 g/mol. The number of rotatable bonds is 5. The van der Waals surface area contributed by atoms with Gasteiger partial charge in [-0.1, -0.05) is 0 Å². The van der Waals surface area contributed by atoms with Gasteiger partial charge in [-0.3, -0.25) is 9.03 Å². The van der Waals surface area contributed by atoms with Crippen LogP contribution in [0.25, 0.3) is 0 Å². The Kier molecular flexibility index (Phi) is 4.50. The molecule has 0 aliphatic carbocycles. The van der Waals surface area contributed by atoms with E-state index in [0.29, 0.717) is 11.4 Å². The lowest BCUT2D eigenvalue weighted by Crippen LogP contribution is -2.24. The van der Waals surface area contributed by atoms with Gasteiger partial charge in [0.25, 0.3) is 10.0 Å². The second-order valence-electron chi connectivity index (χ2n) is 4.75. The van der Waals surface area contributed by atoms with Crippen LogP contribution in [0.3, 0.4) is 0 Å². The molecule has 0 bridgehead atoms. The van der Waals surface area contributed by atoms with E-state index in [9.17, 15) is 16.8 Å². The average Bonchev–Trinajstić information content (AvgIpc) is 2.85. The quantitative estimate of drug-likeness (QED) is 0.886. The molecule has 9 heteroatoms. The number of benzene rings is 1. The summed E-state index contributed by atoms with van der Waals surface area (Å²) in [5, 5.41) is 0. The van der Waals surface area contributed by atoms with E-state index in [0.717, 1.165) is 15.4 Å². The SMILES string of the molecule is Cc1ccc(S(=O)(=O)Nc2ccc(N(C)S(C)(=O)=O)cc2)s1. The number of thiophene rings is 1. The van der Waals surface area contributed by atoms with Crippen molar-refractivity contribution >= 4 is 42.8 Å². The molecule has 1 heterocycles. The summed E-state index contributed by atoms with van der Waals surface area (Å²) < 4.78 is 51.1. The number of hydrogen-bond donors (Lipinski definition) is 1. The zero-order valence-corrected chi connectivity index (χ0v) is 14.7. The van der Waals surface area contributed by atoms with E-state index >= 15 is 0 Å². The zero-order valence-electron chi connectivity index (χ0n) is 12.3. The second-order valence-corrected chi connectivity index (χ2v) is 9.96. The monoisotopic (exact) mass is 360 g/mol. The first-order valence-electron chi connectivity index (χ1n) is 6.23. The molecule has 0 fully saturated rings. The summed E-state index contributed by atoms with van der Waals surface area (Å²) >= 11 is 1.19. The van der Waals surface area contributed by atoms with Crippen molar-refractivity contribution in [1.29, 1.82) is 0 Å². The van der Waals surface area contributed by atoms with E-state index in [1.54, 1.807) is 24.3 Å². The van der Waals surface area contributed by atoms with Crippen LogP contribution in [0.5, 0.6) is 0 Å². The molecule has 6 nitrogen and oxygen atoms in total. The average molecular weight is 360 g/mol. The van der Waals surface area contributed by atoms with Crippen molar-refractivity contribution < 1.29 is 16.8 Å². The van der Waals surface area contributed by atoms with Gasteiger partial charge in [-0.05, 0) is 43.3 Å². The molecule has 2 rings (SSSR count). The third kappa shape index (κ3) is 3.79. The fourth-order valence-electron chi connectivity index (χ4n) is 1.69. The minimum atomic E-state index is -3.62. The lowest BCUT2D eigenvalue weighted by molar-refractivity contribution is 0.599. The summed E-state index contributed by atoms with van der Waals surface area (Å²) in [6.45, 7) is 1.83. The zero-order chi connectivity index (χ0) is 16.5. The molecule has 120 valence electrons. The maximum Gasteiger partial charge on any atom is 0.271 e. The molecule has 2 aromatic rings. The van der Waals surface area contributed by atoms with Crippen LogP contribution in [0.15, 0.2) is 40.6 Å². The van der Waals surface area contributed by atoms with Crippen molar-refractivity contribution in [3.63, 3.8) is 0 Å². The molecule has 1 aromatic carbocycles. The van der Waals surface area contributed by atoms with Crippen LogP contribution in [-0.2, 0) is 20.0 Å². The van der Waals surface area contributed by atoms with E-state index < -0.39 is 20.0 Å². The van der Waals surface area contributed by atoms with Crippen LogP contribution in [0, 0.1) is 6.92 Å². The lowest BCUT2D eigenvalue weighted by atomic mass is 10.3. The molecule has 0 atom stereocenters. The van der Waals surface area contributed by atoms with Crippen LogP contribution < -0.4 is 9.03 Å². The van der Waals surface area contributed by atoms with Gasteiger partial charge in [-0.2, -0.15) is 0 Å². The Hall–Kier alpha value is -1.58. The van der Waals surface area contributed by atoms with Crippen molar-refractivity contribution in [2.24, 2.45) is 0 Å². The Balaban J connectivity index is 2.22. The molecule has 1 N–H and O–H groups in total. The summed E-state index contributed by atoms with van der Waals surface area (Å²) in [6, 6.07) is 9.42. The van der Waals surface area contributed by atoms with Gasteiger partial charge >= 0.3 is 0 Å². The minimum Gasteiger partial charge on any atom is -0.279 e. The number of nitrogens with one attached hydrogen (secondary N) is 1. The molecule has 0 amide bonds. The molecule has 0 spiro atoms. The number of sulfonamides is 2. The molecule has 0 saturated carbocycles. The Morgan fingerprint density at radius 3 is 2.05 bits per heavy atom. The highest BCUT2D eigenvalue weighted by molar-refractivity contribution is 7.94. The van der Waals surface area contributed by atoms with E-state index in [4.69, 9.17) is 0 Å². The molecule has 0 aliphatic rings. The summed E-state index contributed by atoms with van der Waals surface area (Å²) in [6.07, 6.45) is 1.10. The first-order chi connectivity index (χ1) is 10.1. The van der Waals surface area contributed by atoms with Gasteiger partial charge in [-0.15, -0.1) is 11.3 Å². The summed E-state index contributed by atoms with van der Waals surface area (Å²) in [5.74, 6) is 0. The number of nitrogens with zero attached hydrogens (tertiary/aromatic N) is 1. The van der Waals surface area contributed by atoms with Gasteiger partial charge in [-0.25, -0.2) is 16.8 Å². The van der Waals surface area contributed by atoms with Crippen LogP contribution in [0.1, 0.15) is 4.88 Å². The predicted molar refractivity (Wildman–Crippen MR) is 89.6 cm³/mol. The Labute approximate surface area is 134 Å². The van der Waals surface area contributed by atoms with Crippen molar-refractivity contribution in [2.45, 2.75) is 11.1 Å². The van der Waals surface area contributed by atoms with Gasteiger partial charge in [0.15, 0.2) is 0 Å². The van der Waals surface area contributed by atoms with E-state index in [1.807, 2.05) is 6.92 Å². The van der Waals surface area contributed by atoms with Crippen LogP contribution in [0.2, 0.25) is 0 Å². The van der Waals surface area contributed by atoms with Gasteiger partial charge in [0, 0.05) is 17.6 Å². The van der Waals surface area contributed by atoms with Crippen LogP contribution >= 0.6 is 11.3 Å². The fourth-order valence-corrected chi connectivity index (χ4v) is 4.54. The van der Waals surface area contributed by atoms with Gasteiger partial charge in [0.05, 0.1) is 11.9 Å². The molecule has 0 saturated heterocycles. The lowest BCUT2D eigenvalue weighted by Gasteiger charge is -2.17. The molecular formula is C13H16N2O4S3. The largest absolute Gasteiger partial charge is 0.279 e. The number of anilines is 2. The summed E-state index contributed by atoms with van der Waals surface area (Å²) in [4.78, 5) is 0.908. The third-order valence-corrected chi connectivity index (χ3v) is 7.04. The van der Waals surface area contributed by atoms with Crippen molar-refractivity contribution in [1.82, 2.24) is 0 Å². The normalized spacial score (nSPS) is 12.1. The molecule has 22 heavy (non-hydrogen) atoms. The number of aryl methyl sites for hydroxylation is 1. The predicted octanol–water partition coefficient (Wildman–Crippen LogP) is 2.25. The molecule has 0 unspecified atom stereocenters. The first-order valence-corrected chi connectivity index (χ1v) is 10.4. The van der Waals surface area contributed by atoms with Crippen LogP contribution in [0.4, 0.5) is 11.4 Å². The van der Waals surface area contributed by atoms with Gasteiger partial charge in [0.1, 0.15) is 4.21 Å². The van der Waals surface area contributed by atoms with E-state index in [-0.39, 0.29) is 4.21 Å². The van der Waals surface area contributed by atoms with E-state index in [2.05, 4.69) is 4.72 Å². The molecule has 0 aliphatic heterocycles. The standard InChI is InChI=1S/C13H16N2O4S3/c1-10-4-9-13(20-10)22(18,19)14-11-5-7-12(8-6-11)15(2)21(3,16)17/h4-9,14H,1-3H3. The number of hydrogen-bond acceptors (Lipinski definition) is 5. The highest BCUT2D eigenvalue weighted by Crippen LogP contribution is 2.25. The van der Waals surface area contributed by atoms with Crippen LogP contribution in [-0.4, -0.2) is 30.1 Å².